The Bertz CT molecular complexity index is 1080. The Balaban J connectivity index is 1.50. The molecular weight excluding hydrogens is 508 g/mol. The normalized spacial score (nSPS) is 23.5. The molecule has 1 N–H and O–H groups in total. The molecule has 0 unspecified atom stereocenters. The number of aliphatic hydroxyl groups excluding tert-OH is 1. The third-order valence-electron chi connectivity index (χ3n) is 6.72. The van der Waals surface area contributed by atoms with Crippen molar-refractivity contribution in [3.05, 3.63) is 108 Å². The predicted molar refractivity (Wildman–Crippen MR) is 155 cm³/mol. The van der Waals surface area contributed by atoms with Crippen molar-refractivity contribution in [2.24, 2.45) is 0 Å². The summed E-state index contributed by atoms with van der Waals surface area (Å²) < 4.78 is 31.4. The van der Waals surface area contributed by atoms with Crippen molar-refractivity contribution in [3.63, 3.8) is 0 Å². The van der Waals surface area contributed by atoms with Crippen LogP contribution in [0, 0.1) is 0 Å². The molecule has 4 rings (SSSR count). The molecule has 1 fully saturated rings. The van der Waals surface area contributed by atoms with Gasteiger partial charge in [0.05, 0.1) is 26.4 Å². The van der Waals surface area contributed by atoms with Crippen molar-refractivity contribution in [1.82, 2.24) is 0 Å². The molecule has 0 aliphatic carbocycles. The molecular formula is C32H42O6Si. The van der Waals surface area contributed by atoms with Crippen molar-refractivity contribution in [2.45, 2.75) is 76.2 Å². The van der Waals surface area contributed by atoms with E-state index in [-0.39, 0.29) is 6.61 Å². The summed E-state index contributed by atoms with van der Waals surface area (Å²) in [5.74, 6) is 0. The molecule has 0 amide bonds. The number of rotatable bonds is 14. The minimum Gasteiger partial charge on any atom is -0.387 e. The second kappa shape index (κ2) is 14.9. The highest BCUT2D eigenvalue weighted by Gasteiger charge is 2.47. The molecule has 210 valence electrons. The fourth-order valence-electron chi connectivity index (χ4n) is 4.41. The largest absolute Gasteiger partial charge is 0.387 e. The van der Waals surface area contributed by atoms with E-state index < -0.39 is 38.8 Å². The van der Waals surface area contributed by atoms with Crippen LogP contribution < -0.4 is 0 Å². The lowest BCUT2D eigenvalue weighted by Gasteiger charge is -2.44. The van der Waals surface area contributed by atoms with E-state index >= 15 is 0 Å². The van der Waals surface area contributed by atoms with Gasteiger partial charge in [0.2, 0.25) is 0 Å². The van der Waals surface area contributed by atoms with E-state index in [0.29, 0.717) is 26.4 Å². The summed E-state index contributed by atoms with van der Waals surface area (Å²) in [6.07, 6.45) is -3.55. The molecule has 1 aliphatic rings. The molecule has 0 spiro atoms. The van der Waals surface area contributed by atoms with Gasteiger partial charge in [-0.15, -0.1) is 0 Å². The van der Waals surface area contributed by atoms with Crippen LogP contribution in [-0.2, 0) is 43.5 Å². The lowest BCUT2D eigenvalue weighted by Crippen LogP contribution is -2.61. The van der Waals surface area contributed by atoms with Crippen LogP contribution in [0.25, 0.3) is 0 Å². The Morgan fingerprint density at radius 3 is 1.67 bits per heavy atom. The van der Waals surface area contributed by atoms with E-state index in [2.05, 4.69) is 19.6 Å². The Hall–Kier alpha value is -2.36. The van der Waals surface area contributed by atoms with Crippen LogP contribution in [0.4, 0.5) is 0 Å². The number of hydrogen-bond donors (Lipinski definition) is 1. The Morgan fingerprint density at radius 1 is 0.667 bits per heavy atom. The minimum absolute atomic E-state index is 0.209. The van der Waals surface area contributed by atoms with Gasteiger partial charge in [0.15, 0.2) is 6.29 Å². The van der Waals surface area contributed by atoms with Gasteiger partial charge in [-0.2, -0.15) is 0 Å². The standard InChI is InChI=1S/C32H42O6Si/c1-39(2,3)20-19-35-32-31(37-23-27-17-11-6-12-18-27)30(36-22-26-15-9-5-10-16-26)29(33)28(38-32)24-34-21-25-13-7-4-8-14-25/h4-18,28-33H,19-24H2,1-3H3/t28-,29-,30+,31-,32-/m1/s1. The monoisotopic (exact) mass is 550 g/mol. The van der Waals surface area contributed by atoms with Crippen LogP contribution in [0.1, 0.15) is 16.7 Å². The SMILES string of the molecule is C[Si](C)(C)CCO[C@@H]1O[C@H](COCc2ccccc2)[C@@H](O)[C@H](OCc2ccccc2)[C@H]1OCc1ccccc1. The van der Waals surface area contributed by atoms with Gasteiger partial charge in [-0.3, -0.25) is 0 Å². The van der Waals surface area contributed by atoms with Gasteiger partial charge in [0.25, 0.3) is 0 Å². The summed E-state index contributed by atoms with van der Waals surface area (Å²) >= 11 is 0. The maximum atomic E-state index is 11.5. The zero-order chi connectivity index (χ0) is 27.5. The van der Waals surface area contributed by atoms with Gasteiger partial charge in [-0.05, 0) is 22.7 Å². The van der Waals surface area contributed by atoms with Gasteiger partial charge < -0.3 is 28.8 Å². The maximum absolute atomic E-state index is 11.5. The molecule has 7 heteroatoms. The molecule has 3 aromatic rings. The van der Waals surface area contributed by atoms with Gasteiger partial charge in [-0.1, -0.05) is 111 Å². The highest BCUT2D eigenvalue weighted by Crippen LogP contribution is 2.29. The summed E-state index contributed by atoms with van der Waals surface area (Å²) in [6.45, 7) is 8.85. The molecule has 3 aromatic carbocycles. The topological polar surface area (TPSA) is 66.4 Å². The van der Waals surface area contributed by atoms with Crippen molar-refractivity contribution in [1.29, 1.82) is 0 Å². The van der Waals surface area contributed by atoms with E-state index in [1.165, 1.54) is 0 Å². The summed E-state index contributed by atoms with van der Waals surface area (Å²) in [6, 6.07) is 30.9. The lowest BCUT2D eigenvalue weighted by molar-refractivity contribution is -0.320. The molecule has 1 heterocycles. The molecule has 0 bridgehead atoms. The van der Waals surface area contributed by atoms with Gasteiger partial charge in [0, 0.05) is 14.7 Å². The highest BCUT2D eigenvalue weighted by molar-refractivity contribution is 6.76. The molecule has 1 saturated heterocycles. The van der Waals surface area contributed by atoms with Gasteiger partial charge in [-0.25, -0.2) is 0 Å². The highest BCUT2D eigenvalue weighted by atomic mass is 28.3. The molecule has 0 aromatic heterocycles. The number of hydrogen-bond acceptors (Lipinski definition) is 6. The van der Waals surface area contributed by atoms with Crippen LogP contribution in [0.5, 0.6) is 0 Å². The quantitative estimate of drug-likeness (QED) is 0.255. The first-order chi connectivity index (χ1) is 18.9. The maximum Gasteiger partial charge on any atom is 0.186 e. The molecule has 0 saturated carbocycles. The van der Waals surface area contributed by atoms with Crippen molar-refractivity contribution in [3.8, 4) is 0 Å². The first-order valence-electron chi connectivity index (χ1n) is 13.8. The zero-order valence-electron chi connectivity index (χ0n) is 23.3. The minimum atomic E-state index is -1.33. The van der Waals surface area contributed by atoms with Crippen molar-refractivity contribution >= 4 is 8.07 Å². The number of aliphatic hydroxyl groups is 1. The van der Waals surface area contributed by atoms with E-state index in [9.17, 15) is 5.11 Å². The average Bonchev–Trinajstić information content (AvgIpc) is 2.94. The van der Waals surface area contributed by atoms with Crippen LogP contribution in [0.2, 0.25) is 25.7 Å². The van der Waals surface area contributed by atoms with Crippen molar-refractivity contribution in [2.75, 3.05) is 13.2 Å². The summed E-state index contributed by atoms with van der Waals surface area (Å²) in [4.78, 5) is 0. The van der Waals surface area contributed by atoms with Gasteiger partial charge >= 0.3 is 0 Å². The lowest BCUT2D eigenvalue weighted by atomic mass is 9.98. The number of ether oxygens (including phenoxy) is 5. The summed E-state index contributed by atoms with van der Waals surface area (Å²) in [5.41, 5.74) is 3.11. The second-order valence-electron chi connectivity index (χ2n) is 11.2. The molecule has 1 aliphatic heterocycles. The molecule has 5 atom stereocenters. The fourth-order valence-corrected chi connectivity index (χ4v) is 5.14. The first kappa shape index (κ1) is 29.6. The summed E-state index contributed by atoms with van der Waals surface area (Å²) in [5, 5.41) is 11.5. The van der Waals surface area contributed by atoms with Crippen LogP contribution >= 0.6 is 0 Å². The zero-order valence-corrected chi connectivity index (χ0v) is 24.3. The smallest absolute Gasteiger partial charge is 0.186 e. The van der Waals surface area contributed by atoms with E-state index in [4.69, 9.17) is 23.7 Å². The number of benzene rings is 3. The third kappa shape index (κ3) is 9.65. The van der Waals surface area contributed by atoms with E-state index in [1.54, 1.807) is 0 Å². The van der Waals surface area contributed by atoms with Gasteiger partial charge in [0.1, 0.15) is 24.4 Å². The van der Waals surface area contributed by atoms with Crippen LogP contribution in [0.3, 0.4) is 0 Å². The van der Waals surface area contributed by atoms with Crippen LogP contribution in [0.15, 0.2) is 91.0 Å². The summed E-state index contributed by atoms with van der Waals surface area (Å²) in [7, 11) is -1.33. The Labute approximate surface area is 233 Å². The molecule has 6 nitrogen and oxygen atoms in total. The Kier molecular flexibility index (Phi) is 11.3. The molecule has 0 radical (unpaired) electrons. The van der Waals surface area contributed by atoms with Crippen LogP contribution in [-0.4, -0.2) is 57.1 Å². The predicted octanol–water partition coefficient (Wildman–Crippen LogP) is 5.81. The first-order valence-corrected chi connectivity index (χ1v) is 17.5. The Morgan fingerprint density at radius 2 is 1.15 bits per heavy atom. The van der Waals surface area contributed by atoms with E-state index in [1.807, 2.05) is 91.0 Å². The van der Waals surface area contributed by atoms with E-state index in [0.717, 1.165) is 22.7 Å². The second-order valence-corrected chi connectivity index (χ2v) is 16.9. The van der Waals surface area contributed by atoms with Crippen molar-refractivity contribution < 1.29 is 28.8 Å². The average molecular weight is 551 g/mol. The molecule has 39 heavy (non-hydrogen) atoms. The third-order valence-corrected chi connectivity index (χ3v) is 8.42. The fraction of sp³-hybridized carbons (Fsp3) is 0.438.